The van der Waals surface area contributed by atoms with Crippen LogP contribution >= 0.6 is 0 Å². The van der Waals surface area contributed by atoms with Crippen molar-refractivity contribution in [3.8, 4) is 0 Å². The minimum atomic E-state index is -3.85. The molecule has 6 saturated carbocycles. The van der Waals surface area contributed by atoms with E-state index >= 15 is 0 Å². The Labute approximate surface area is 644 Å². The first-order valence-electron chi connectivity index (χ1n) is 36.9. The number of nitrogen functional groups attached to an aromatic ring is 1. The number of amides is 1. The normalized spacial score (nSPS) is 22.3. The van der Waals surface area contributed by atoms with E-state index < -0.39 is 72.0 Å². The maximum atomic E-state index is 13.4. The molecule has 0 aliphatic heterocycles. The van der Waals surface area contributed by atoms with Gasteiger partial charge in [-0.2, -0.15) is 0 Å². The molecule has 7 aromatic heterocycles. The van der Waals surface area contributed by atoms with E-state index in [0.717, 1.165) is 76.0 Å². The number of sulfonamides is 3. The molecule has 6 aliphatic rings. The number of anilines is 2. The van der Waals surface area contributed by atoms with Crippen LogP contribution in [0.25, 0.3) is 39.1 Å². The largest absolute Gasteiger partial charge is 0.481 e. The number of hydrogen-bond donors (Lipinski definition) is 8. The van der Waals surface area contributed by atoms with Gasteiger partial charge in [0.05, 0.1) is 60.5 Å². The molecule has 0 spiro atoms. The number of carboxylic acids is 1. The first-order valence-corrected chi connectivity index (χ1v) is 45.8. The van der Waals surface area contributed by atoms with E-state index in [1.54, 1.807) is 91.0 Å². The number of hydrazine groups is 2. The van der Waals surface area contributed by atoms with Crippen molar-refractivity contribution >= 4 is 123 Å². The minimum Gasteiger partial charge on any atom is -0.481 e. The summed E-state index contributed by atoms with van der Waals surface area (Å²) in [5.41, 5.74) is 13.4. The Bertz CT molecular complexity index is 5860. The van der Waals surface area contributed by atoms with Crippen molar-refractivity contribution in [3.63, 3.8) is 0 Å². The van der Waals surface area contributed by atoms with Crippen molar-refractivity contribution in [2.45, 2.75) is 192 Å². The summed E-state index contributed by atoms with van der Waals surface area (Å²) in [6.07, 6.45) is 18.8. The van der Waals surface area contributed by atoms with Gasteiger partial charge in [-0.3, -0.25) is 24.8 Å². The molecule has 6 fully saturated rings. The molecule has 16 rings (SSSR count). The monoisotopic (exact) mass is 1640 g/mol. The number of benzene rings is 3. The molecule has 33 nitrogen and oxygen atoms in total. The number of aliphatic carboxylic acids is 1. The smallest absolute Gasteiger partial charge is 0.306 e. The number of aryl methyl sites for hydroxylation is 3. The highest BCUT2D eigenvalue weighted by molar-refractivity contribution is 7.91. The average molecular weight is 1640 g/mol. The first-order chi connectivity index (χ1) is 52.7. The van der Waals surface area contributed by atoms with Gasteiger partial charge in [-0.25, -0.2) is 107 Å². The van der Waals surface area contributed by atoms with Crippen LogP contribution in [0, 0.1) is 50.4 Å². The van der Waals surface area contributed by atoms with Crippen molar-refractivity contribution in [3.05, 3.63) is 151 Å². The number of carboxylic acid groups (broad SMARTS) is 1. The Morgan fingerprint density at radius 2 is 0.856 bits per heavy atom. The number of aromatic nitrogens is 11. The Balaban J connectivity index is 0.000000136. The zero-order chi connectivity index (χ0) is 79.3. The second-order valence-corrected chi connectivity index (χ2v) is 40.9. The number of nitrogens with zero attached hydrogens (tertiary/aromatic N) is 11. The van der Waals surface area contributed by atoms with Crippen LogP contribution < -0.4 is 36.3 Å². The van der Waals surface area contributed by atoms with E-state index in [4.69, 9.17) is 10.9 Å². The summed E-state index contributed by atoms with van der Waals surface area (Å²) in [4.78, 5) is 45.8. The highest BCUT2D eigenvalue weighted by Gasteiger charge is 2.46. The van der Waals surface area contributed by atoms with E-state index in [1.165, 1.54) is 41.2 Å². The minimum absolute atomic E-state index is 0.0143. The molecule has 0 radical (unpaired) electrons. The van der Waals surface area contributed by atoms with Crippen molar-refractivity contribution in [1.82, 2.24) is 71.0 Å². The van der Waals surface area contributed by atoms with Crippen molar-refractivity contribution in [1.29, 1.82) is 0 Å². The molecule has 1 unspecified atom stereocenters. The fourth-order valence-corrected chi connectivity index (χ4v) is 23.7. The van der Waals surface area contributed by atoms with Crippen LogP contribution in [0.2, 0.25) is 0 Å². The second-order valence-electron chi connectivity index (χ2n) is 29.4. The predicted octanol–water partition coefficient (Wildman–Crippen LogP) is 7.50. The highest BCUT2D eigenvalue weighted by Crippen LogP contribution is 2.44. The summed E-state index contributed by atoms with van der Waals surface area (Å²) in [5, 5.41) is 17.1. The van der Waals surface area contributed by atoms with Gasteiger partial charge in [0.25, 0.3) is 30.1 Å². The number of nitrogens with two attached hydrogens (primary N) is 1. The third kappa shape index (κ3) is 17.4. The van der Waals surface area contributed by atoms with Gasteiger partial charge < -0.3 is 10.5 Å². The Hall–Kier alpha value is -8.93. The van der Waals surface area contributed by atoms with Gasteiger partial charge in [-0.05, 0) is 170 Å². The van der Waals surface area contributed by atoms with Crippen molar-refractivity contribution in [2.75, 3.05) is 10.9 Å². The SMILES string of the molecule is CC[C@@H]1C[C@H](NS(=O)(=O)C2CC2)CC1C(=O)NNc1cnc2c(ccn2S(=O)(=O)c2ccc(C)cc2)n1.CC[C@@H]1C[C@H](NS(=O)(=O)C2CC2)C[C@@H]1C(=O)O.CC[C@@H]1C[C@H](NS(=O)(=O)C2CC2)C[C@@H]1c1nnc2cnc3c(ccn3S(=O)(=O)c3ccc(C)cc3)n12.Cc1ccc(S(=O)(=O)n2ccc3nc(NN)cnc32)cc1. The van der Waals surface area contributed by atoms with Gasteiger partial charge in [0.1, 0.15) is 16.9 Å². The summed E-state index contributed by atoms with van der Waals surface area (Å²) in [5.74, 6) is 5.17. The molecule has 0 bridgehead atoms. The molecule has 3 aromatic carbocycles. The van der Waals surface area contributed by atoms with Crippen LogP contribution in [0.15, 0.2) is 143 Å². The predicted molar refractivity (Wildman–Crippen MR) is 415 cm³/mol. The lowest BCUT2D eigenvalue weighted by Gasteiger charge is -2.17. The Morgan fingerprint density at radius 3 is 1.28 bits per heavy atom. The molecule has 111 heavy (non-hydrogen) atoms. The van der Waals surface area contributed by atoms with E-state index in [0.29, 0.717) is 84.4 Å². The average Bonchev–Trinajstić information content (AvgIpc) is 1.57. The second kappa shape index (κ2) is 31.9. The van der Waals surface area contributed by atoms with Crippen LogP contribution in [-0.2, 0) is 69.7 Å². The summed E-state index contributed by atoms with van der Waals surface area (Å²) in [6, 6.07) is 24.1. The maximum absolute atomic E-state index is 13.4. The molecular weight excluding hydrogens is 1550 g/mol. The van der Waals surface area contributed by atoms with Gasteiger partial charge in [0.2, 0.25) is 36.0 Å². The molecular formula is C72H90N18O15S6. The van der Waals surface area contributed by atoms with Crippen molar-refractivity contribution < 1.29 is 65.2 Å². The lowest BCUT2D eigenvalue weighted by atomic mass is 9.93. The van der Waals surface area contributed by atoms with Gasteiger partial charge in [0, 0.05) is 48.6 Å². The molecule has 594 valence electrons. The van der Waals surface area contributed by atoms with Gasteiger partial charge in [-0.1, -0.05) is 93.1 Å². The lowest BCUT2D eigenvalue weighted by molar-refractivity contribution is -0.143. The topological polar surface area (TPSA) is 467 Å². The number of nitrogens with one attached hydrogen (secondary N) is 6. The third-order valence-electron chi connectivity index (χ3n) is 21.5. The fraction of sp³-hybridized carbons (Fsp3) is 0.458. The summed E-state index contributed by atoms with van der Waals surface area (Å²) in [6.45, 7) is 11.7. The van der Waals surface area contributed by atoms with Gasteiger partial charge in [-0.15, -0.1) is 10.2 Å². The van der Waals surface area contributed by atoms with Crippen LogP contribution in [-0.4, -0.2) is 153 Å². The number of hydrogen-bond acceptors (Lipinski definition) is 24. The van der Waals surface area contributed by atoms with Crippen LogP contribution in [0.4, 0.5) is 11.6 Å². The van der Waals surface area contributed by atoms with Gasteiger partial charge >= 0.3 is 5.97 Å². The Morgan fingerprint density at radius 1 is 0.468 bits per heavy atom. The molecule has 10 aromatic rings. The summed E-state index contributed by atoms with van der Waals surface area (Å²) in [7, 11) is -21.2. The molecule has 9 atom stereocenters. The third-order valence-corrected chi connectivity index (χ3v) is 32.6. The van der Waals surface area contributed by atoms with Crippen LogP contribution in [0.5, 0.6) is 0 Å². The number of fused-ring (bicyclic) bond motifs is 5. The zero-order valence-electron chi connectivity index (χ0n) is 61.8. The van der Waals surface area contributed by atoms with E-state index in [1.807, 2.05) is 39.0 Å². The quantitative estimate of drug-likeness (QED) is 0.0214. The van der Waals surface area contributed by atoms with E-state index in [9.17, 15) is 60.1 Å². The van der Waals surface area contributed by atoms with E-state index in [-0.39, 0.29) is 101 Å². The molecule has 9 N–H and O–H groups in total. The summed E-state index contributed by atoms with van der Waals surface area (Å²) >= 11 is 0. The number of carbonyl (C=O) groups is 2. The highest BCUT2D eigenvalue weighted by atomic mass is 32.2. The lowest BCUT2D eigenvalue weighted by Crippen LogP contribution is -2.38. The molecule has 39 heteroatoms. The first kappa shape index (κ1) is 80.1. The number of rotatable bonds is 24. The standard InChI is InChI=1S/C24H30N6O5S2.C24H28N6O4S2.C13H13N5O2S.C11H19NO4S/c1-3-16-12-17(29-36(32,33)18-8-9-18)13-20(16)24(31)28-27-22-14-25-23-21(26-22)10-11-30(23)37(34,35)19-6-4-15(2)5-7-19;1-3-16-12-17(28-35(31,32)18-8-9-18)13-20(16)23-27-26-22-14-25-24-21(30(22)23)10-11-29(24)36(33,34)19-6-4-15(2)5-7-19;1-9-2-4-10(5-3-9)21(19,20)18-7-6-11-13(18)15-8-12(16-11)17-14;1-2-7-5-8(6-10(7)11(13)14)12-17(15,16)9-3-4-9/h4-7,10-11,14,16-18,20,29H,3,8-9,12-13H2,1-2H3,(H,26,27)(H,28,31);4-7,10-11,14,16-18,20,28H,3,8-9,12-13H2,1-2H3;2-8H,14H2,1H3,(H,16,17);7-10,12H,2-6H2,1H3,(H,13,14)/t16-,17+,20?;16-,17+,20+;;7-,8+,10+/m11.1/s1. The number of carbonyl (C=O) groups excluding carboxylic acids is 1. The van der Waals surface area contributed by atoms with Crippen molar-refractivity contribution in [2.24, 2.45) is 35.4 Å². The van der Waals surface area contributed by atoms with Crippen LogP contribution in [0.3, 0.4) is 0 Å². The Kier molecular flexibility index (Phi) is 23.0. The molecule has 6 aliphatic carbocycles. The summed E-state index contributed by atoms with van der Waals surface area (Å²) < 4.78 is 165. The van der Waals surface area contributed by atoms with E-state index in [2.05, 4.69) is 72.5 Å². The fourth-order valence-electron chi connectivity index (χ4n) is 14.9. The molecule has 1 amide bonds. The molecule has 0 saturated heterocycles. The van der Waals surface area contributed by atoms with Crippen LogP contribution in [0.1, 0.15) is 146 Å². The maximum Gasteiger partial charge on any atom is 0.306 e. The zero-order valence-corrected chi connectivity index (χ0v) is 66.7. The van der Waals surface area contributed by atoms with Gasteiger partial charge in [0.15, 0.2) is 34.2 Å². The molecule has 7 heterocycles.